The Balaban J connectivity index is 1.47. The Hall–Kier alpha value is -3.28. The zero-order valence-corrected chi connectivity index (χ0v) is 15.1. The first kappa shape index (κ1) is 18.5. The fourth-order valence-electron chi connectivity index (χ4n) is 2.61. The molecule has 3 aromatic rings. The van der Waals surface area contributed by atoms with E-state index >= 15 is 0 Å². The van der Waals surface area contributed by atoms with Crippen LogP contribution in [0.2, 0.25) is 0 Å². The van der Waals surface area contributed by atoms with E-state index in [9.17, 15) is 9.18 Å². The maximum atomic E-state index is 12.9. The summed E-state index contributed by atoms with van der Waals surface area (Å²) in [7, 11) is 0. The van der Waals surface area contributed by atoms with Crippen molar-refractivity contribution in [2.24, 2.45) is 0 Å². The number of anilines is 1. The first-order valence-electron chi connectivity index (χ1n) is 8.74. The van der Waals surface area contributed by atoms with Crippen molar-refractivity contribution in [3.8, 4) is 0 Å². The van der Waals surface area contributed by atoms with Crippen molar-refractivity contribution in [2.45, 2.75) is 19.9 Å². The lowest BCUT2D eigenvalue weighted by Crippen LogP contribution is -2.26. The Kier molecular flexibility index (Phi) is 6.10. The molecule has 0 atom stereocenters. The molecule has 0 radical (unpaired) electrons. The summed E-state index contributed by atoms with van der Waals surface area (Å²) in [6, 6.07) is 14.4. The summed E-state index contributed by atoms with van der Waals surface area (Å²) < 4.78 is 12.9. The largest absolute Gasteiger partial charge is 0.365 e. The van der Waals surface area contributed by atoms with Crippen molar-refractivity contribution >= 4 is 11.7 Å². The van der Waals surface area contributed by atoms with Crippen LogP contribution in [-0.4, -0.2) is 22.4 Å². The molecule has 27 heavy (non-hydrogen) atoms. The van der Waals surface area contributed by atoms with Gasteiger partial charge in [-0.15, -0.1) is 0 Å². The molecule has 6 heteroatoms. The molecule has 3 rings (SSSR count). The van der Waals surface area contributed by atoms with Gasteiger partial charge in [0.2, 0.25) is 0 Å². The van der Waals surface area contributed by atoms with E-state index in [1.54, 1.807) is 18.3 Å². The summed E-state index contributed by atoms with van der Waals surface area (Å²) in [5.41, 5.74) is 3.57. The lowest BCUT2D eigenvalue weighted by molar-refractivity contribution is 0.0949. The van der Waals surface area contributed by atoms with E-state index in [0.29, 0.717) is 25.3 Å². The van der Waals surface area contributed by atoms with Crippen LogP contribution in [0.4, 0.5) is 10.2 Å². The number of aryl methyl sites for hydroxylation is 1. The number of halogens is 1. The van der Waals surface area contributed by atoms with Crippen molar-refractivity contribution in [3.05, 3.63) is 89.1 Å². The molecule has 1 aromatic heterocycles. The molecular weight excluding hydrogens is 343 g/mol. The Labute approximate surface area is 157 Å². The summed E-state index contributed by atoms with van der Waals surface area (Å²) in [5.74, 6) is 0.0587. The first-order chi connectivity index (χ1) is 13.1. The highest BCUT2D eigenvalue weighted by molar-refractivity contribution is 5.91. The van der Waals surface area contributed by atoms with Crippen LogP contribution in [0.1, 0.15) is 27.2 Å². The number of hydrogen-bond donors (Lipinski definition) is 2. The summed E-state index contributed by atoms with van der Waals surface area (Å²) >= 11 is 0. The van der Waals surface area contributed by atoms with Crippen LogP contribution in [0.5, 0.6) is 0 Å². The van der Waals surface area contributed by atoms with E-state index < -0.39 is 0 Å². The van der Waals surface area contributed by atoms with Gasteiger partial charge in [-0.1, -0.05) is 42.0 Å². The minimum Gasteiger partial charge on any atom is -0.365 e. The maximum Gasteiger partial charge on any atom is 0.271 e. The molecule has 0 bridgehead atoms. The highest BCUT2D eigenvalue weighted by Crippen LogP contribution is 2.08. The Morgan fingerprint density at radius 2 is 1.85 bits per heavy atom. The number of nitrogens with zero attached hydrogens (tertiary/aromatic N) is 2. The van der Waals surface area contributed by atoms with Crippen LogP contribution in [-0.2, 0) is 13.0 Å². The SMILES string of the molecule is Cc1cccc(CNc2cnc(C(=O)NCCc3ccc(F)cc3)cn2)c1. The third-order valence-electron chi connectivity index (χ3n) is 4.05. The van der Waals surface area contributed by atoms with Gasteiger partial charge in [0.15, 0.2) is 0 Å². The molecule has 0 saturated heterocycles. The molecule has 2 aromatic carbocycles. The molecule has 0 aliphatic carbocycles. The number of rotatable bonds is 7. The molecule has 138 valence electrons. The van der Waals surface area contributed by atoms with Crippen LogP contribution in [0.15, 0.2) is 60.9 Å². The molecule has 0 saturated carbocycles. The number of nitrogens with one attached hydrogen (secondary N) is 2. The molecule has 0 aliphatic rings. The van der Waals surface area contributed by atoms with Crippen LogP contribution in [0, 0.1) is 12.7 Å². The van der Waals surface area contributed by atoms with Gasteiger partial charge < -0.3 is 10.6 Å². The van der Waals surface area contributed by atoms with Gasteiger partial charge in [0.25, 0.3) is 5.91 Å². The Morgan fingerprint density at radius 1 is 1.04 bits per heavy atom. The summed E-state index contributed by atoms with van der Waals surface area (Å²) in [5, 5.41) is 5.98. The fraction of sp³-hybridized carbons (Fsp3) is 0.190. The third kappa shape index (κ3) is 5.60. The fourth-order valence-corrected chi connectivity index (χ4v) is 2.61. The quantitative estimate of drug-likeness (QED) is 0.673. The van der Waals surface area contributed by atoms with Gasteiger partial charge in [-0.2, -0.15) is 0 Å². The summed E-state index contributed by atoms with van der Waals surface area (Å²) in [4.78, 5) is 20.5. The molecule has 1 amide bonds. The standard InChI is InChI=1S/C21H21FN4O/c1-15-3-2-4-17(11-15)12-25-20-14-24-19(13-26-20)21(27)23-10-9-16-5-7-18(22)8-6-16/h2-8,11,13-14H,9-10,12H2,1H3,(H,23,27)(H,25,26). The van der Waals surface area contributed by atoms with Crippen molar-refractivity contribution < 1.29 is 9.18 Å². The monoisotopic (exact) mass is 364 g/mol. The number of aromatic nitrogens is 2. The van der Waals surface area contributed by atoms with Gasteiger partial charge in [-0.25, -0.2) is 14.4 Å². The van der Waals surface area contributed by atoms with Crippen molar-refractivity contribution in [1.82, 2.24) is 15.3 Å². The van der Waals surface area contributed by atoms with Crippen molar-refractivity contribution in [3.63, 3.8) is 0 Å². The topological polar surface area (TPSA) is 66.9 Å². The molecular formula is C21H21FN4O. The predicted molar refractivity (Wildman–Crippen MR) is 103 cm³/mol. The van der Waals surface area contributed by atoms with Gasteiger partial charge >= 0.3 is 0 Å². The summed E-state index contributed by atoms with van der Waals surface area (Å²) in [6.45, 7) is 3.13. The lowest BCUT2D eigenvalue weighted by Gasteiger charge is -2.08. The Bertz CT molecular complexity index is 895. The maximum absolute atomic E-state index is 12.9. The van der Waals surface area contributed by atoms with Gasteiger partial charge in [-0.3, -0.25) is 4.79 Å². The van der Waals surface area contributed by atoms with E-state index in [0.717, 1.165) is 11.1 Å². The molecule has 2 N–H and O–H groups in total. The summed E-state index contributed by atoms with van der Waals surface area (Å²) in [6.07, 6.45) is 3.62. The second-order valence-corrected chi connectivity index (χ2v) is 6.26. The van der Waals surface area contributed by atoms with E-state index in [4.69, 9.17) is 0 Å². The normalized spacial score (nSPS) is 10.4. The molecule has 0 fully saturated rings. The van der Waals surface area contributed by atoms with Gasteiger partial charge in [0, 0.05) is 13.1 Å². The van der Waals surface area contributed by atoms with Crippen molar-refractivity contribution in [1.29, 1.82) is 0 Å². The number of carbonyl (C=O) groups excluding carboxylic acids is 1. The zero-order chi connectivity index (χ0) is 19.1. The zero-order valence-electron chi connectivity index (χ0n) is 15.1. The number of carbonyl (C=O) groups is 1. The molecule has 1 heterocycles. The van der Waals surface area contributed by atoms with Gasteiger partial charge in [0.1, 0.15) is 17.3 Å². The molecule has 5 nitrogen and oxygen atoms in total. The second kappa shape index (κ2) is 8.89. The minimum atomic E-state index is -0.283. The second-order valence-electron chi connectivity index (χ2n) is 6.26. The molecule has 0 aliphatic heterocycles. The predicted octanol–water partition coefficient (Wildman–Crippen LogP) is 3.51. The number of hydrogen-bond acceptors (Lipinski definition) is 4. The van der Waals surface area contributed by atoms with E-state index in [1.807, 2.05) is 25.1 Å². The highest BCUT2D eigenvalue weighted by Gasteiger charge is 2.07. The number of amides is 1. The van der Waals surface area contributed by atoms with Crippen LogP contribution in [0.25, 0.3) is 0 Å². The van der Waals surface area contributed by atoms with E-state index in [2.05, 4.69) is 26.7 Å². The highest BCUT2D eigenvalue weighted by atomic mass is 19.1. The molecule has 0 unspecified atom stereocenters. The van der Waals surface area contributed by atoms with E-state index in [1.165, 1.54) is 23.9 Å². The average molecular weight is 364 g/mol. The first-order valence-corrected chi connectivity index (χ1v) is 8.74. The van der Waals surface area contributed by atoms with Gasteiger partial charge in [0.05, 0.1) is 12.4 Å². The smallest absolute Gasteiger partial charge is 0.271 e. The van der Waals surface area contributed by atoms with Crippen LogP contribution >= 0.6 is 0 Å². The van der Waals surface area contributed by atoms with E-state index in [-0.39, 0.29) is 17.4 Å². The van der Waals surface area contributed by atoms with Gasteiger partial charge in [-0.05, 0) is 36.6 Å². The average Bonchev–Trinajstić information content (AvgIpc) is 2.68. The minimum absolute atomic E-state index is 0.259. The van der Waals surface area contributed by atoms with Crippen LogP contribution in [0.3, 0.4) is 0 Å². The van der Waals surface area contributed by atoms with Crippen LogP contribution < -0.4 is 10.6 Å². The molecule has 0 spiro atoms. The number of benzene rings is 2. The van der Waals surface area contributed by atoms with Crippen molar-refractivity contribution in [2.75, 3.05) is 11.9 Å². The third-order valence-corrected chi connectivity index (χ3v) is 4.05. The lowest BCUT2D eigenvalue weighted by atomic mass is 10.1. The Morgan fingerprint density at radius 3 is 2.56 bits per heavy atom.